The van der Waals surface area contributed by atoms with Gasteiger partial charge in [-0.25, -0.2) is 4.39 Å². The van der Waals surface area contributed by atoms with Crippen LogP contribution in [0.1, 0.15) is 31.8 Å². The van der Waals surface area contributed by atoms with Crippen molar-refractivity contribution < 1.29 is 18.8 Å². The van der Waals surface area contributed by atoms with Gasteiger partial charge in [-0.15, -0.1) is 0 Å². The summed E-state index contributed by atoms with van der Waals surface area (Å²) in [5, 5.41) is 2.79. The van der Waals surface area contributed by atoms with Crippen molar-refractivity contribution in [1.29, 1.82) is 0 Å². The molecule has 1 heterocycles. The van der Waals surface area contributed by atoms with E-state index in [1.54, 1.807) is 54.6 Å². The molecule has 150 valence electrons. The maximum absolute atomic E-state index is 13.9. The number of fused-ring (bicyclic) bond motifs is 1. The molecule has 0 saturated heterocycles. The summed E-state index contributed by atoms with van der Waals surface area (Å²) in [5.41, 5.74) is 3.70. The standard InChI is InChI=1S/C24H19FN2O3/c1-14-11-16(22-19(12-14)23(29)27(2)24(22)30)13-21(28)26-17-9-7-15(8-10-17)18-5-3-4-6-20(18)25/h3-12H,13H2,1-2H3,(H,26,28). The molecule has 0 unspecified atom stereocenters. The third-order valence-corrected chi connectivity index (χ3v) is 5.12. The number of anilines is 1. The molecule has 6 heteroatoms. The van der Waals surface area contributed by atoms with E-state index in [1.807, 2.05) is 6.92 Å². The Morgan fingerprint density at radius 3 is 2.37 bits per heavy atom. The topological polar surface area (TPSA) is 66.5 Å². The minimum atomic E-state index is -0.396. The molecule has 0 bridgehead atoms. The second-order valence-corrected chi connectivity index (χ2v) is 7.30. The Morgan fingerprint density at radius 2 is 1.67 bits per heavy atom. The van der Waals surface area contributed by atoms with Crippen LogP contribution >= 0.6 is 0 Å². The number of imide groups is 1. The molecule has 0 aromatic heterocycles. The molecule has 1 aliphatic rings. The Kier molecular flexibility index (Phi) is 4.91. The highest BCUT2D eigenvalue weighted by molar-refractivity contribution is 6.22. The van der Waals surface area contributed by atoms with Gasteiger partial charge < -0.3 is 5.32 Å². The van der Waals surface area contributed by atoms with Gasteiger partial charge in [0.1, 0.15) is 5.82 Å². The number of hydrogen-bond donors (Lipinski definition) is 1. The normalized spacial score (nSPS) is 12.8. The monoisotopic (exact) mass is 402 g/mol. The summed E-state index contributed by atoms with van der Waals surface area (Å²) in [5.74, 6) is -1.38. The largest absolute Gasteiger partial charge is 0.326 e. The molecule has 0 radical (unpaired) electrons. The molecule has 0 fully saturated rings. The lowest BCUT2D eigenvalue weighted by atomic mass is 9.97. The van der Waals surface area contributed by atoms with Crippen molar-refractivity contribution in [2.75, 3.05) is 12.4 Å². The molecule has 4 rings (SSSR count). The van der Waals surface area contributed by atoms with E-state index in [9.17, 15) is 18.8 Å². The van der Waals surface area contributed by atoms with Gasteiger partial charge in [-0.05, 0) is 47.9 Å². The number of carbonyl (C=O) groups is 3. The zero-order chi connectivity index (χ0) is 21.4. The highest BCUT2D eigenvalue weighted by Crippen LogP contribution is 2.28. The molecule has 3 amide bonds. The summed E-state index contributed by atoms with van der Waals surface area (Å²) in [6.45, 7) is 1.82. The van der Waals surface area contributed by atoms with Crippen molar-refractivity contribution >= 4 is 23.4 Å². The Hall–Kier alpha value is -3.80. The van der Waals surface area contributed by atoms with Crippen LogP contribution in [0.3, 0.4) is 0 Å². The number of nitrogens with one attached hydrogen (secondary N) is 1. The van der Waals surface area contributed by atoms with Crippen LogP contribution < -0.4 is 5.32 Å². The van der Waals surface area contributed by atoms with Crippen LogP contribution in [0, 0.1) is 12.7 Å². The van der Waals surface area contributed by atoms with Crippen molar-refractivity contribution in [3.05, 3.63) is 88.7 Å². The van der Waals surface area contributed by atoms with E-state index >= 15 is 0 Å². The SMILES string of the molecule is Cc1cc(CC(=O)Nc2ccc(-c3ccccc3F)cc2)c2c(c1)C(=O)N(C)C2=O. The maximum Gasteiger partial charge on any atom is 0.261 e. The molecule has 3 aromatic rings. The Labute approximate surface area is 173 Å². The second-order valence-electron chi connectivity index (χ2n) is 7.30. The lowest BCUT2D eigenvalue weighted by Crippen LogP contribution is -2.24. The van der Waals surface area contributed by atoms with E-state index < -0.39 is 5.91 Å². The van der Waals surface area contributed by atoms with E-state index in [2.05, 4.69) is 5.32 Å². The minimum Gasteiger partial charge on any atom is -0.326 e. The molecule has 5 nitrogen and oxygen atoms in total. The van der Waals surface area contributed by atoms with Gasteiger partial charge in [0, 0.05) is 18.3 Å². The van der Waals surface area contributed by atoms with Crippen LogP contribution in [0.15, 0.2) is 60.7 Å². The van der Waals surface area contributed by atoms with Crippen molar-refractivity contribution in [2.45, 2.75) is 13.3 Å². The molecule has 0 spiro atoms. The first kappa shape index (κ1) is 19.5. The highest BCUT2D eigenvalue weighted by atomic mass is 19.1. The van der Waals surface area contributed by atoms with Gasteiger partial charge in [-0.1, -0.05) is 36.4 Å². The van der Waals surface area contributed by atoms with Gasteiger partial charge in [0.25, 0.3) is 11.8 Å². The third kappa shape index (κ3) is 3.48. The number of hydrogen-bond acceptors (Lipinski definition) is 3. The van der Waals surface area contributed by atoms with Crippen molar-refractivity contribution in [2.24, 2.45) is 0 Å². The van der Waals surface area contributed by atoms with Gasteiger partial charge in [-0.3, -0.25) is 19.3 Å². The van der Waals surface area contributed by atoms with E-state index in [0.717, 1.165) is 10.5 Å². The number of benzene rings is 3. The lowest BCUT2D eigenvalue weighted by Gasteiger charge is -2.10. The molecule has 3 aromatic carbocycles. The van der Waals surface area contributed by atoms with Crippen molar-refractivity contribution in [3.8, 4) is 11.1 Å². The number of carbonyl (C=O) groups excluding carboxylic acids is 3. The van der Waals surface area contributed by atoms with Crippen molar-refractivity contribution in [3.63, 3.8) is 0 Å². The highest BCUT2D eigenvalue weighted by Gasteiger charge is 2.35. The average Bonchev–Trinajstić information content (AvgIpc) is 2.93. The van der Waals surface area contributed by atoms with Crippen LogP contribution in [0.4, 0.5) is 10.1 Å². The van der Waals surface area contributed by atoms with Gasteiger partial charge in [0.2, 0.25) is 5.91 Å². The summed E-state index contributed by atoms with van der Waals surface area (Å²) >= 11 is 0. The number of amides is 3. The first-order chi connectivity index (χ1) is 14.3. The molecule has 30 heavy (non-hydrogen) atoms. The maximum atomic E-state index is 13.9. The van der Waals surface area contributed by atoms with E-state index in [1.165, 1.54) is 13.1 Å². The van der Waals surface area contributed by atoms with E-state index in [0.29, 0.717) is 27.9 Å². The number of halogens is 1. The fourth-order valence-electron chi connectivity index (χ4n) is 3.67. The molecule has 0 saturated carbocycles. The van der Waals surface area contributed by atoms with Crippen LogP contribution in [-0.4, -0.2) is 29.7 Å². The van der Waals surface area contributed by atoms with Crippen LogP contribution in [0.5, 0.6) is 0 Å². The number of aryl methyl sites for hydroxylation is 1. The second kappa shape index (κ2) is 7.55. The quantitative estimate of drug-likeness (QED) is 0.665. The van der Waals surface area contributed by atoms with Crippen LogP contribution in [0.2, 0.25) is 0 Å². The van der Waals surface area contributed by atoms with Gasteiger partial charge in [0.05, 0.1) is 17.5 Å². The van der Waals surface area contributed by atoms with E-state index in [4.69, 9.17) is 0 Å². The summed E-state index contributed by atoms with van der Waals surface area (Å²) in [4.78, 5) is 38.3. The average molecular weight is 402 g/mol. The molecule has 1 N–H and O–H groups in total. The summed E-state index contributed by atoms with van der Waals surface area (Å²) < 4.78 is 13.9. The van der Waals surface area contributed by atoms with Gasteiger partial charge >= 0.3 is 0 Å². The summed E-state index contributed by atoms with van der Waals surface area (Å²) in [7, 11) is 1.43. The van der Waals surface area contributed by atoms with Crippen molar-refractivity contribution in [1.82, 2.24) is 4.90 Å². The Morgan fingerprint density at radius 1 is 0.967 bits per heavy atom. The smallest absolute Gasteiger partial charge is 0.261 e. The predicted octanol–water partition coefficient (Wildman–Crippen LogP) is 4.21. The van der Waals surface area contributed by atoms with Crippen LogP contribution in [0.25, 0.3) is 11.1 Å². The first-order valence-corrected chi connectivity index (χ1v) is 9.46. The molecular formula is C24H19FN2O3. The third-order valence-electron chi connectivity index (χ3n) is 5.12. The zero-order valence-corrected chi connectivity index (χ0v) is 16.5. The predicted molar refractivity (Wildman–Crippen MR) is 112 cm³/mol. The number of nitrogens with zero attached hydrogens (tertiary/aromatic N) is 1. The Bertz CT molecular complexity index is 1190. The number of rotatable bonds is 4. The fraction of sp³-hybridized carbons (Fsp3) is 0.125. The summed E-state index contributed by atoms with van der Waals surface area (Å²) in [6, 6.07) is 16.8. The van der Waals surface area contributed by atoms with Gasteiger partial charge in [0.15, 0.2) is 0 Å². The molecule has 0 atom stereocenters. The van der Waals surface area contributed by atoms with Gasteiger partial charge in [-0.2, -0.15) is 0 Å². The molecule has 0 aliphatic carbocycles. The zero-order valence-electron chi connectivity index (χ0n) is 16.5. The molecule has 1 aliphatic heterocycles. The first-order valence-electron chi connectivity index (χ1n) is 9.46. The lowest BCUT2D eigenvalue weighted by molar-refractivity contribution is -0.115. The fourth-order valence-corrected chi connectivity index (χ4v) is 3.67. The summed E-state index contributed by atoms with van der Waals surface area (Å²) in [6.07, 6.45) is -0.0358. The van der Waals surface area contributed by atoms with E-state index in [-0.39, 0.29) is 29.6 Å². The Balaban J connectivity index is 1.53. The molecular weight excluding hydrogens is 383 g/mol. The minimum absolute atomic E-state index is 0.0358. The van der Waals surface area contributed by atoms with Crippen LogP contribution in [-0.2, 0) is 11.2 Å².